The molecule has 1 saturated heterocycles. The van der Waals surface area contributed by atoms with E-state index < -0.39 is 7.26 Å². The Hall–Kier alpha value is -1.99. The minimum atomic E-state index is -1.71. The molecule has 1 heterocycles. The Morgan fingerprint density at radius 1 is 0.700 bits per heavy atom. The predicted octanol–water partition coefficient (Wildman–Crippen LogP) is 5.30. The monoisotopic (exact) mass is 419 g/mol. The van der Waals surface area contributed by atoms with Gasteiger partial charge in [-0.1, -0.05) is 54.6 Å². The molecule has 2 nitrogen and oxygen atoms in total. The molecule has 0 aliphatic carbocycles. The highest BCUT2D eigenvalue weighted by atomic mass is 31.2. The van der Waals surface area contributed by atoms with Crippen molar-refractivity contribution in [2.75, 3.05) is 19.4 Å². The normalized spacial score (nSPS) is 17.0. The fourth-order valence-corrected chi connectivity index (χ4v) is 8.80. The molecule has 1 unspecified atom stereocenters. The summed E-state index contributed by atoms with van der Waals surface area (Å²) in [5.74, 6) is 0. The average Bonchev–Trinajstić information content (AvgIpc) is 2.84. The Bertz CT molecular complexity index is 764. The van der Waals surface area contributed by atoms with Gasteiger partial charge in [-0.25, -0.2) is 0 Å². The third kappa shape index (κ3) is 5.01. The van der Waals surface area contributed by atoms with Crippen molar-refractivity contribution >= 4 is 23.2 Å². The molecule has 30 heavy (non-hydrogen) atoms. The van der Waals surface area contributed by atoms with Crippen LogP contribution in [0, 0.1) is 0 Å². The van der Waals surface area contributed by atoms with Crippen LogP contribution in [0.1, 0.15) is 32.1 Å². The van der Waals surface area contributed by atoms with Gasteiger partial charge in [0.05, 0.1) is 6.16 Å². The van der Waals surface area contributed by atoms with Crippen LogP contribution >= 0.6 is 7.26 Å². The summed E-state index contributed by atoms with van der Waals surface area (Å²) in [6, 6.07) is 33.3. The third-order valence-corrected chi connectivity index (χ3v) is 10.4. The summed E-state index contributed by atoms with van der Waals surface area (Å²) in [7, 11) is -1.71. The van der Waals surface area contributed by atoms with Crippen molar-refractivity contribution < 1.29 is 9.47 Å². The molecule has 0 radical (unpaired) electrons. The molecule has 1 fully saturated rings. The van der Waals surface area contributed by atoms with Gasteiger partial charge < -0.3 is 9.47 Å². The molecule has 3 heteroatoms. The molecule has 0 N–H and O–H groups in total. The first kappa shape index (κ1) is 21.2. The Morgan fingerprint density at radius 2 is 1.23 bits per heavy atom. The van der Waals surface area contributed by atoms with Crippen LogP contribution in [-0.2, 0) is 9.47 Å². The summed E-state index contributed by atoms with van der Waals surface area (Å²) in [4.78, 5) is 0. The quantitative estimate of drug-likeness (QED) is 0.346. The molecule has 1 aliphatic rings. The lowest BCUT2D eigenvalue weighted by Crippen LogP contribution is -2.33. The molecule has 1 atom stereocenters. The number of rotatable bonds is 9. The van der Waals surface area contributed by atoms with E-state index in [1.807, 2.05) is 0 Å². The van der Waals surface area contributed by atoms with Gasteiger partial charge in [-0.2, -0.15) is 0 Å². The molecular formula is C27H32O2P+. The van der Waals surface area contributed by atoms with Crippen LogP contribution in [0.5, 0.6) is 0 Å². The van der Waals surface area contributed by atoms with E-state index in [1.54, 1.807) is 0 Å². The highest BCUT2D eigenvalue weighted by molar-refractivity contribution is 7.95. The van der Waals surface area contributed by atoms with Crippen molar-refractivity contribution in [2.45, 2.75) is 38.4 Å². The van der Waals surface area contributed by atoms with Gasteiger partial charge >= 0.3 is 0 Å². The summed E-state index contributed by atoms with van der Waals surface area (Å²) in [6.07, 6.45) is 6.78. The molecule has 156 valence electrons. The first-order valence-corrected chi connectivity index (χ1v) is 13.2. The van der Waals surface area contributed by atoms with E-state index in [9.17, 15) is 0 Å². The van der Waals surface area contributed by atoms with Gasteiger partial charge in [-0.3, -0.25) is 0 Å². The minimum Gasteiger partial charge on any atom is -0.353 e. The molecule has 4 rings (SSSR count). The largest absolute Gasteiger partial charge is 0.353 e. The van der Waals surface area contributed by atoms with Crippen molar-refractivity contribution in [1.29, 1.82) is 0 Å². The van der Waals surface area contributed by atoms with E-state index in [4.69, 9.17) is 9.47 Å². The molecular weight excluding hydrogens is 387 g/mol. The molecule has 0 saturated carbocycles. The highest BCUT2D eigenvalue weighted by Gasteiger charge is 2.44. The molecule has 0 spiro atoms. The number of unbranched alkanes of at least 4 members (excludes halogenated alkanes) is 1. The second-order valence-corrected chi connectivity index (χ2v) is 11.5. The zero-order chi connectivity index (χ0) is 20.5. The summed E-state index contributed by atoms with van der Waals surface area (Å²) >= 11 is 0. The number of hydrogen-bond donors (Lipinski definition) is 0. The van der Waals surface area contributed by atoms with Crippen molar-refractivity contribution in [3.8, 4) is 0 Å². The second kappa shape index (κ2) is 10.9. The van der Waals surface area contributed by atoms with Gasteiger partial charge in [0.1, 0.15) is 23.2 Å². The topological polar surface area (TPSA) is 18.5 Å². The van der Waals surface area contributed by atoms with E-state index in [0.717, 1.165) is 45.1 Å². The number of benzene rings is 3. The van der Waals surface area contributed by atoms with Crippen LogP contribution < -0.4 is 15.9 Å². The summed E-state index contributed by atoms with van der Waals surface area (Å²) in [5.41, 5.74) is 0. The van der Waals surface area contributed by atoms with Crippen molar-refractivity contribution in [3.05, 3.63) is 91.0 Å². The smallest absolute Gasteiger partial charge is 0.157 e. The van der Waals surface area contributed by atoms with Gasteiger partial charge in [0.25, 0.3) is 0 Å². The van der Waals surface area contributed by atoms with Crippen LogP contribution in [0.15, 0.2) is 91.0 Å². The third-order valence-electron chi connectivity index (χ3n) is 5.92. The maximum Gasteiger partial charge on any atom is 0.157 e. The SMILES string of the molecule is c1ccc([P+](CCCCOC2CCCCO2)(c2ccccc2)c2ccccc2)cc1. The average molecular weight is 420 g/mol. The van der Waals surface area contributed by atoms with Gasteiger partial charge in [-0.05, 0) is 68.5 Å². The fourth-order valence-electron chi connectivity index (χ4n) is 4.39. The van der Waals surface area contributed by atoms with Gasteiger partial charge in [0, 0.05) is 13.2 Å². The lowest BCUT2D eigenvalue weighted by atomic mass is 10.2. The molecule has 3 aromatic rings. The zero-order valence-electron chi connectivity index (χ0n) is 17.7. The van der Waals surface area contributed by atoms with Crippen LogP contribution in [0.25, 0.3) is 0 Å². The summed E-state index contributed by atoms with van der Waals surface area (Å²) < 4.78 is 11.7. The molecule has 3 aromatic carbocycles. The van der Waals surface area contributed by atoms with E-state index in [1.165, 1.54) is 22.3 Å². The zero-order valence-corrected chi connectivity index (χ0v) is 18.6. The first-order chi connectivity index (χ1) is 14.9. The molecule has 1 aliphatic heterocycles. The van der Waals surface area contributed by atoms with E-state index in [2.05, 4.69) is 91.0 Å². The first-order valence-electron chi connectivity index (χ1n) is 11.2. The maximum absolute atomic E-state index is 6.00. The van der Waals surface area contributed by atoms with E-state index >= 15 is 0 Å². The maximum atomic E-state index is 6.00. The molecule has 0 amide bonds. The van der Waals surface area contributed by atoms with Crippen LogP contribution in [0.2, 0.25) is 0 Å². The standard InChI is InChI=1S/C27H32O2P/c1-4-14-24(15-5-1)30(25-16-6-2-7-17-25,26-18-8-3-9-19-26)23-13-12-22-29-27-20-10-11-21-28-27/h1-9,14-19,27H,10-13,20-23H2/q+1. The van der Waals surface area contributed by atoms with Gasteiger partial charge in [-0.15, -0.1) is 0 Å². The molecule has 0 bridgehead atoms. The van der Waals surface area contributed by atoms with Crippen LogP contribution in [-0.4, -0.2) is 25.7 Å². The Labute approximate surface area is 181 Å². The van der Waals surface area contributed by atoms with Crippen molar-refractivity contribution in [1.82, 2.24) is 0 Å². The second-order valence-electron chi connectivity index (χ2n) is 7.91. The van der Waals surface area contributed by atoms with E-state index in [0.29, 0.717) is 0 Å². The fraction of sp³-hybridized carbons (Fsp3) is 0.333. The predicted molar refractivity (Wildman–Crippen MR) is 129 cm³/mol. The van der Waals surface area contributed by atoms with Crippen molar-refractivity contribution in [2.24, 2.45) is 0 Å². The van der Waals surface area contributed by atoms with Gasteiger partial charge in [0.2, 0.25) is 0 Å². The molecule has 0 aromatic heterocycles. The highest BCUT2D eigenvalue weighted by Crippen LogP contribution is 2.55. The van der Waals surface area contributed by atoms with Crippen molar-refractivity contribution in [3.63, 3.8) is 0 Å². The number of hydrogen-bond acceptors (Lipinski definition) is 2. The lowest BCUT2D eigenvalue weighted by Gasteiger charge is -2.28. The Morgan fingerprint density at radius 3 is 1.70 bits per heavy atom. The van der Waals surface area contributed by atoms with Crippen LogP contribution in [0.4, 0.5) is 0 Å². The number of ether oxygens (including phenoxy) is 2. The Balaban J connectivity index is 1.57. The minimum absolute atomic E-state index is 0.00988. The Kier molecular flexibility index (Phi) is 7.70. The lowest BCUT2D eigenvalue weighted by molar-refractivity contribution is -0.162. The summed E-state index contributed by atoms with van der Waals surface area (Å²) in [5, 5.41) is 4.37. The summed E-state index contributed by atoms with van der Waals surface area (Å²) in [6.45, 7) is 1.62. The van der Waals surface area contributed by atoms with Gasteiger partial charge in [0.15, 0.2) is 6.29 Å². The van der Waals surface area contributed by atoms with Crippen LogP contribution in [0.3, 0.4) is 0 Å². The van der Waals surface area contributed by atoms with E-state index in [-0.39, 0.29) is 6.29 Å².